The standard InChI is InChI=1S/C15H16N4O3S/c1-15(21,10-6-18-19(2)7-10)8-16-14(20)12-13(22-9-17-12)11-4-3-5-23-11/h3-7,9,21H,8H2,1-2H3,(H,16,20). The Bertz CT molecular complexity index is 804. The van der Waals surface area contributed by atoms with Crippen molar-refractivity contribution in [2.45, 2.75) is 12.5 Å². The van der Waals surface area contributed by atoms with Crippen LogP contribution in [0.25, 0.3) is 10.6 Å². The van der Waals surface area contributed by atoms with Gasteiger partial charge in [0.1, 0.15) is 5.60 Å². The first kappa shape index (κ1) is 15.4. The first-order valence-corrected chi connectivity index (χ1v) is 7.82. The molecule has 3 heterocycles. The molecule has 1 unspecified atom stereocenters. The minimum atomic E-state index is -1.23. The van der Waals surface area contributed by atoms with Gasteiger partial charge in [-0.2, -0.15) is 5.10 Å². The molecule has 1 amide bonds. The number of amides is 1. The Morgan fingerprint density at radius 3 is 3.04 bits per heavy atom. The Kier molecular flexibility index (Phi) is 4.01. The molecule has 0 saturated carbocycles. The van der Waals surface area contributed by atoms with Gasteiger partial charge in [0.15, 0.2) is 17.8 Å². The van der Waals surface area contributed by atoms with E-state index in [0.29, 0.717) is 11.3 Å². The molecule has 3 aromatic heterocycles. The predicted octanol–water partition coefficient (Wildman–Crippen LogP) is 1.77. The van der Waals surface area contributed by atoms with Gasteiger partial charge in [0, 0.05) is 18.8 Å². The third-order valence-corrected chi connectivity index (χ3v) is 4.32. The Morgan fingerprint density at radius 2 is 2.39 bits per heavy atom. The number of carbonyl (C=O) groups excluding carboxylic acids is 1. The third-order valence-electron chi connectivity index (χ3n) is 3.45. The highest BCUT2D eigenvalue weighted by Crippen LogP contribution is 2.27. The van der Waals surface area contributed by atoms with E-state index in [1.54, 1.807) is 31.0 Å². The number of hydrogen-bond acceptors (Lipinski definition) is 6. The van der Waals surface area contributed by atoms with Crippen molar-refractivity contribution in [3.8, 4) is 10.6 Å². The van der Waals surface area contributed by atoms with Crippen LogP contribution in [0, 0.1) is 0 Å². The Labute approximate surface area is 136 Å². The molecule has 0 aliphatic heterocycles. The molecule has 3 aromatic rings. The molecule has 0 radical (unpaired) electrons. The molecular formula is C15H16N4O3S. The summed E-state index contributed by atoms with van der Waals surface area (Å²) < 4.78 is 6.91. The summed E-state index contributed by atoms with van der Waals surface area (Å²) in [6.07, 6.45) is 4.52. The van der Waals surface area contributed by atoms with Crippen molar-refractivity contribution < 1.29 is 14.3 Å². The highest BCUT2D eigenvalue weighted by atomic mass is 32.1. The van der Waals surface area contributed by atoms with Crippen LogP contribution in [-0.4, -0.2) is 32.3 Å². The van der Waals surface area contributed by atoms with Gasteiger partial charge in [-0.25, -0.2) is 4.98 Å². The molecule has 120 valence electrons. The minimum Gasteiger partial charge on any atom is -0.442 e. The summed E-state index contributed by atoms with van der Waals surface area (Å²) in [6.45, 7) is 1.65. The van der Waals surface area contributed by atoms with Crippen LogP contribution in [0.1, 0.15) is 23.0 Å². The molecule has 0 aliphatic carbocycles. The number of aliphatic hydroxyl groups is 1. The Balaban J connectivity index is 1.72. The van der Waals surface area contributed by atoms with E-state index < -0.39 is 11.5 Å². The molecule has 0 bridgehead atoms. The summed E-state index contributed by atoms with van der Waals surface area (Å²) >= 11 is 1.46. The van der Waals surface area contributed by atoms with Crippen LogP contribution in [0.2, 0.25) is 0 Å². The summed E-state index contributed by atoms with van der Waals surface area (Å²) in [5, 5.41) is 19.1. The monoisotopic (exact) mass is 332 g/mol. The largest absolute Gasteiger partial charge is 0.442 e. The molecule has 0 aliphatic rings. The SMILES string of the molecule is Cn1cc(C(C)(O)CNC(=O)c2ncoc2-c2cccs2)cn1. The highest BCUT2D eigenvalue weighted by molar-refractivity contribution is 7.13. The molecule has 0 spiro atoms. The van der Waals surface area contributed by atoms with Crippen LogP contribution in [0.3, 0.4) is 0 Å². The number of aromatic nitrogens is 3. The zero-order chi connectivity index (χ0) is 16.4. The number of carbonyl (C=O) groups is 1. The molecule has 3 rings (SSSR count). The molecule has 23 heavy (non-hydrogen) atoms. The van der Waals surface area contributed by atoms with Crippen LogP contribution >= 0.6 is 11.3 Å². The second-order valence-corrected chi connectivity index (χ2v) is 6.31. The molecule has 1 atom stereocenters. The summed E-state index contributed by atoms with van der Waals surface area (Å²) in [5.41, 5.74) is -0.398. The van der Waals surface area contributed by atoms with E-state index in [0.717, 1.165) is 4.88 Å². The van der Waals surface area contributed by atoms with Crippen molar-refractivity contribution in [3.05, 3.63) is 47.6 Å². The smallest absolute Gasteiger partial charge is 0.274 e. The van der Waals surface area contributed by atoms with Crippen LogP contribution in [0.15, 0.2) is 40.7 Å². The molecule has 0 aromatic carbocycles. The van der Waals surface area contributed by atoms with E-state index in [1.165, 1.54) is 17.7 Å². The maximum Gasteiger partial charge on any atom is 0.274 e. The third kappa shape index (κ3) is 3.17. The zero-order valence-corrected chi connectivity index (χ0v) is 13.5. The fourth-order valence-corrected chi connectivity index (χ4v) is 2.84. The lowest BCUT2D eigenvalue weighted by molar-refractivity contribution is 0.0524. The van der Waals surface area contributed by atoms with Crippen LogP contribution in [-0.2, 0) is 12.6 Å². The Hall–Kier alpha value is -2.45. The fraction of sp³-hybridized carbons (Fsp3) is 0.267. The van der Waals surface area contributed by atoms with Gasteiger partial charge in [-0.3, -0.25) is 9.48 Å². The van der Waals surface area contributed by atoms with Gasteiger partial charge in [0.05, 0.1) is 17.6 Å². The lowest BCUT2D eigenvalue weighted by Crippen LogP contribution is -2.38. The molecule has 2 N–H and O–H groups in total. The van der Waals surface area contributed by atoms with Gasteiger partial charge in [-0.05, 0) is 18.4 Å². The van der Waals surface area contributed by atoms with Crippen molar-refractivity contribution >= 4 is 17.2 Å². The van der Waals surface area contributed by atoms with Gasteiger partial charge in [-0.1, -0.05) is 6.07 Å². The van der Waals surface area contributed by atoms with Gasteiger partial charge in [0.25, 0.3) is 5.91 Å². The van der Waals surface area contributed by atoms with Crippen molar-refractivity contribution in [2.24, 2.45) is 7.05 Å². The van der Waals surface area contributed by atoms with E-state index in [2.05, 4.69) is 15.4 Å². The zero-order valence-electron chi connectivity index (χ0n) is 12.7. The van der Waals surface area contributed by atoms with E-state index in [1.807, 2.05) is 17.5 Å². The minimum absolute atomic E-state index is 0.0360. The predicted molar refractivity (Wildman–Crippen MR) is 84.9 cm³/mol. The summed E-state index contributed by atoms with van der Waals surface area (Å²) in [6, 6.07) is 3.73. The van der Waals surface area contributed by atoms with Crippen molar-refractivity contribution in [3.63, 3.8) is 0 Å². The highest BCUT2D eigenvalue weighted by Gasteiger charge is 2.27. The molecule has 0 fully saturated rings. The van der Waals surface area contributed by atoms with Crippen molar-refractivity contribution in [1.82, 2.24) is 20.1 Å². The summed E-state index contributed by atoms with van der Waals surface area (Å²) in [7, 11) is 1.76. The van der Waals surface area contributed by atoms with E-state index in [9.17, 15) is 9.90 Å². The molecule has 0 saturated heterocycles. The number of thiophene rings is 1. The number of hydrogen-bond donors (Lipinski definition) is 2. The summed E-state index contributed by atoms with van der Waals surface area (Å²) in [4.78, 5) is 17.1. The number of rotatable bonds is 5. The number of aryl methyl sites for hydroxylation is 1. The van der Waals surface area contributed by atoms with Crippen LogP contribution < -0.4 is 5.32 Å². The normalized spacial score (nSPS) is 13.7. The molecule has 7 nitrogen and oxygen atoms in total. The van der Waals surface area contributed by atoms with Gasteiger partial charge < -0.3 is 14.8 Å². The maximum absolute atomic E-state index is 12.3. The van der Waals surface area contributed by atoms with Crippen LogP contribution in [0.4, 0.5) is 0 Å². The van der Waals surface area contributed by atoms with E-state index >= 15 is 0 Å². The van der Waals surface area contributed by atoms with Gasteiger partial charge in [-0.15, -0.1) is 11.3 Å². The second kappa shape index (κ2) is 5.98. The lowest BCUT2D eigenvalue weighted by Gasteiger charge is -2.22. The first-order valence-electron chi connectivity index (χ1n) is 6.94. The van der Waals surface area contributed by atoms with Crippen LogP contribution in [0.5, 0.6) is 0 Å². The fourth-order valence-electron chi connectivity index (χ4n) is 2.13. The number of oxazole rings is 1. The lowest BCUT2D eigenvalue weighted by atomic mass is 10.00. The van der Waals surface area contributed by atoms with E-state index in [4.69, 9.17) is 4.42 Å². The number of nitrogens with one attached hydrogen (secondary N) is 1. The summed E-state index contributed by atoms with van der Waals surface area (Å²) in [5.74, 6) is 0.0323. The van der Waals surface area contributed by atoms with Crippen molar-refractivity contribution in [2.75, 3.05) is 6.54 Å². The van der Waals surface area contributed by atoms with Gasteiger partial charge in [0.2, 0.25) is 0 Å². The number of nitrogens with zero attached hydrogens (tertiary/aromatic N) is 3. The second-order valence-electron chi connectivity index (χ2n) is 5.37. The first-order chi connectivity index (χ1) is 11.0. The van der Waals surface area contributed by atoms with Gasteiger partial charge >= 0.3 is 0 Å². The Morgan fingerprint density at radius 1 is 1.57 bits per heavy atom. The maximum atomic E-state index is 12.3. The molecular weight excluding hydrogens is 316 g/mol. The average molecular weight is 332 g/mol. The topological polar surface area (TPSA) is 93.2 Å². The van der Waals surface area contributed by atoms with Crippen molar-refractivity contribution in [1.29, 1.82) is 0 Å². The average Bonchev–Trinajstić information content (AvgIpc) is 3.24. The quantitative estimate of drug-likeness (QED) is 0.743. The van der Waals surface area contributed by atoms with E-state index in [-0.39, 0.29) is 12.2 Å². The molecule has 8 heteroatoms.